The quantitative estimate of drug-likeness (QED) is 0.730. The van der Waals surface area contributed by atoms with Gasteiger partial charge in [0, 0.05) is 22.8 Å². The van der Waals surface area contributed by atoms with Crippen molar-refractivity contribution >= 4 is 22.5 Å². The average Bonchev–Trinajstić information content (AvgIpc) is 2.57. The summed E-state index contributed by atoms with van der Waals surface area (Å²) in [6.07, 6.45) is -0.225. The Morgan fingerprint density at radius 1 is 1.15 bits per heavy atom. The van der Waals surface area contributed by atoms with E-state index in [9.17, 15) is 22.8 Å². The van der Waals surface area contributed by atoms with Gasteiger partial charge in [-0.1, -0.05) is 18.2 Å². The second-order valence-electron chi connectivity index (χ2n) is 5.46. The molecule has 0 spiro atoms. The molecule has 0 saturated heterocycles. The number of H-pyrrole nitrogens is 1. The van der Waals surface area contributed by atoms with Crippen molar-refractivity contribution in [3.8, 4) is 5.75 Å². The van der Waals surface area contributed by atoms with Gasteiger partial charge in [-0.3, -0.25) is 9.59 Å². The van der Waals surface area contributed by atoms with Crippen molar-refractivity contribution in [2.24, 2.45) is 0 Å². The number of pyridine rings is 1. The maximum absolute atomic E-state index is 13.7. The molecule has 0 aliphatic carbocycles. The fourth-order valence-corrected chi connectivity index (χ4v) is 2.47. The number of halogens is 3. The molecule has 3 rings (SSSR count). The number of hydrogen-bond acceptors (Lipinski definition) is 3. The van der Waals surface area contributed by atoms with Crippen LogP contribution in [0.1, 0.15) is 5.56 Å². The molecule has 0 atom stereocenters. The van der Waals surface area contributed by atoms with E-state index in [2.05, 4.69) is 15.0 Å². The Balaban J connectivity index is 1.74. The molecule has 1 aromatic heterocycles. The van der Waals surface area contributed by atoms with Crippen LogP contribution in [0.5, 0.6) is 5.75 Å². The number of hydrogen-bond donors (Lipinski definition) is 2. The lowest BCUT2D eigenvalue weighted by atomic mass is 10.1. The SMILES string of the molecule is O=C(Cc1cc2ccccc2[nH]c1=O)Nc1ccc(OC(F)F)c(F)c1. The Morgan fingerprint density at radius 3 is 2.65 bits per heavy atom. The van der Waals surface area contributed by atoms with Gasteiger partial charge in [0.1, 0.15) is 0 Å². The fourth-order valence-electron chi connectivity index (χ4n) is 2.47. The number of ether oxygens (including phenoxy) is 1. The van der Waals surface area contributed by atoms with E-state index in [0.717, 1.165) is 17.5 Å². The minimum atomic E-state index is -3.15. The largest absolute Gasteiger partial charge is 0.432 e. The number of amides is 1. The number of alkyl halides is 2. The van der Waals surface area contributed by atoms with Crippen LogP contribution in [0.15, 0.2) is 53.3 Å². The standard InChI is InChI=1S/C18H13F3N2O3/c19-13-9-12(5-6-15(13)26-18(20)21)22-16(24)8-11-7-10-3-1-2-4-14(10)23-17(11)25/h1-7,9,18H,8H2,(H,22,24)(H,23,25). The van der Waals surface area contributed by atoms with Crippen LogP contribution in [-0.4, -0.2) is 17.5 Å². The molecule has 2 aromatic carbocycles. The minimum absolute atomic E-state index is 0.0614. The highest BCUT2D eigenvalue weighted by Crippen LogP contribution is 2.23. The Labute approximate surface area is 145 Å². The molecule has 3 aromatic rings. The number of anilines is 1. The van der Waals surface area contributed by atoms with Crippen LogP contribution in [0.4, 0.5) is 18.9 Å². The Bertz CT molecular complexity index is 1020. The molecule has 26 heavy (non-hydrogen) atoms. The average molecular weight is 362 g/mol. The zero-order valence-electron chi connectivity index (χ0n) is 13.3. The molecule has 134 valence electrons. The van der Waals surface area contributed by atoms with E-state index in [-0.39, 0.29) is 17.7 Å². The predicted molar refractivity (Wildman–Crippen MR) is 89.9 cm³/mol. The smallest absolute Gasteiger partial charge is 0.387 e. The van der Waals surface area contributed by atoms with Crippen molar-refractivity contribution in [2.75, 3.05) is 5.32 Å². The highest BCUT2D eigenvalue weighted by Gasteiger charge is 2.13. The van der Waals surface area contributed by atoms with Crippen LogP contribution in [0.2, 0.25) is 0 Å². The van der Waals surface area contributed by atoms with Crippen LogP contribution in [-0.2, 0) is 11.2 Å². The van der Waals surface area contributed by atoms with E-state index in [0.29, 0.717) is 5.52 Å². The monoisotopic (exact) mass is 362 g/mol. The summed E-state index contributed by atoms with van der Waals surface area (Å²) < 4.78 is 41.9. The number of carbonyl (C=O) groups is 1. The first-order chi connectivity index (χ1) is 12.4. The van der Waals surface area contributed by atoms with Gasteiger partial charge < -0.3 is 15.0 Å². The first kappa shape index (κ1) is 17.5. The van der Waals surface area contributed by atoms with Gasteiger partial charge in [-0.05, 0) is 29.7 Å². The van der Waals surface area contributed by atoms with E-state index in [1.54, 1.807) is 30.3 Å². The fraction of sp³-hybridized carbons (Fsp3) is 0.111. The van der Waals surface area contributed by atoms with Crippen LogP contribution in [0.25, 0.3) is 10.9 Å². The normalized spacial score (nSPS) is 10.9. The van der Waals surface area contributed by atoms with Gasteiger partial charge >= 0.3 is 6.61 Å². The number of carbonyl (C=O) groups excluding carboxylic acids is 1. The van der Waals surface area contributed by atoms with Crippen molar-refractivity contribution in [1.82, 2.24) is 4.98 Å². The van der Waals surface area contributed by atoms with Crippen molar-refractivity contribution in [3.05, 3.63) is 70.3 Å². The van der Waals surface area contributed by atoms with Gasteiger partial charge in [0.2, 0.25) is 5.91 Å². The van der Waals surface area contributed by atoms with Gasteiger partial charge in [0.05, 0.1) is 6.42 Å². The van der Waals surface area contributed by atoms with Gasteiger partial charge in [-0.15, -0.1) is 0 Å². The van der Waals surface area contributed by atoms with E-state index >= 15 is 0 Å². The number of nitrogens with one attached hydrogen (secondary N) is 2. The third-order valence-electron chi connectivity index (χ3n) is 3.61. The summed E-state index contributed by atoms with van der Waals surface area (Å²) in [6, 6.07) is 11.8. The second-order valence-corrected chi connectivity index (χ2v) is 5.46. The lowest BCUT2D eigenvalue weighted by Gasteiger charge is -2.09. The number of para-hydroxylation sites is 1. The predicted octanol–water partition coefficient (Wildman–Crippen LogP) is 3.45. The summed E-state index contributed by atoms with van der Waals surface area (Å²) in [4.78, 5) is 26.8. The van der Waals surface area contributed by atoms with Crippen molar-refractivity contribution in [3.63, 3.8) is 0 Å². The molecule has 1 heterocycles. The molecular weight excluding hydrogens is 349 g/mol. The highest BCUT2D eigenvalue weighted by atomic mass is 19.3. The molecule has 0 radical (unpaired) electrons. The third-order valence-corrected chi connectivity index (χ3v) is 3.61. The minimum Gasteiger partial charge on any atom is -0.432 e. The number of benzene rings is 2. The van der Waals surface area contributed by atoms with E-state index in [1.807, 2.05) is 0 Å². The molecule has 0 fully saturated rings. The molecule has 0 bridgehead atoms. The van der Waals surface area contributed by atoms with Gasteiger partial charge in [0.15, 0.2) is 11.6 Å². The molecule has 0 saturated carbocycles. The molecule has 2 N–H and O–H groups in total. The summed E-state index contributed by atoms with van der Waals surface area (Å²) in [5, 5.41) is 3.18. The molecular formula is C18H13F3N2O3. The molecule has 5 nitrogen and oxygen atoms in total. The number of aromatic nitrogens is 1. The topological polar surface area (TPSA) is 71.2 Å². The first-order valence-electron chi connectivity index (χ1n) is 7.57. The molecule has 0 aliphatic heterocycles. The Morgan fingerprint density at radius 2 is 1.92 bits per heavy atom. The Hall–Kier alpha value is -3.29. The number of fused-ring (bicyclic) bond motifs is 1. The van der Waals surface area contributed by atoms with Gasteiger partial charge in [-0.25, -0.2) is 4.39 Å². The molecule has 8 heteroatoms. The summed E-state index contributed by atoms with van der Waals surface area (Å²) in [5.74, 6) is -2.21. The zero-order valence-corrected chi connectivity index (χ0v) is 13.3. The number of rotatable bonds is 5. The molecule has 0 aliphatic rings. The Kier molecular flexibility index (Phi) is 4.92. The van der Waals surface area contributed by atoms with Crippen molar-refractivity contribution in [2.45, 2.75) is 13.0 Å². The van der Waals surface area contributed by atoms with Crippen LogP contribution >= 0.6 is 0 Å². The lowest BCUT2D eigenvalue weighted by Crippen LogP contribution is -2.21. The lowest BCUT2D eigenvalue weighted by molar-refractivity contribution is -0.115. The maximum atomic E-state index is 13.7. The van der Waals surface area contributed by atoms with Gasteiger partial charge in [-0.2, -0.15) is 8.78 Å². The van der Waals surface area contributed by atoms with Crippen LogP contribution in [0, 0.1) is 5.82 Å². The summed E-state index contributed by atoms with van der Waals surface area (Å²) in [6.45, 7) is -3.15. The second kappa shape index (κ2) is 7.30. The number of aromatic amines is 1. The highest BCUT2D eigenvalue weighted by molar-refractivity contribution is 5.93. The van der Waals surface area contributed by atoms with E-state index in [4.69, 9.17) is 0 Å². The summed E-state index contributed by atoms with van der Waals surface area (Å²) >= 11 is 0. The van der Waals surface area contributed by atoms with Crippen molar-refractivity contribution < 1.29 is 22.7 Å². The maximum Gasteiger partial charge on any atom is 0.387 e. The van der Waals surface area contributed by atoms with E-state index < -0.39 is 29.6 Å². The summed E-state index contributed by atoms with van der Waals surface area (Å²) in [7, 11) is 0. The third kappa shape index (κ3) is 4.02. The van der Waals surface area contributed by atoms with Crippen LogP contribution in [0.3, 0.4) is 0 Å². The van der Waals surface area contributed by atoms with E-state index in [1.165, 1.54) is 6.07 Å². The van der Waals surface area contributed by atoms with Gasteiger partial charge in [0.25, 0.3) is 5.56 Å². The molecule has 0 unspecified atom stereocenters. The van der Waals surface area contributed by atoms with Crippen LogP contribution < -0.4 is 15.6 Å². The zero-order chi connectivity index (χ0) is 18.7. The van der Waals surface area contributed by atoms with Crippen molar-refractivity contribution in [1.29, 1.82) is 0 Å². The first-order valence-corrected chi connectivity index (χ1v) is 7.57. The molecule has 1 amide bonds. The summed E-state index contributed by atoms with van der Waals surface area (Å²) in [5.41, 5.74) is 0.565.